The highest BCUT2D eigenvalue weighted by atomic mass is 16.5. The summed E-state index contributed by atoms with van der Waals surface area (Å²) in [4.78, 5) is 26.3. The average Bonchev–Trinajstić information content (AvgIpc) is 3.01. The second kappa shape index (κ2) is 7.11. The van der Waals surface area contributed by atoms with E-state index < -0.39 is 12.1 Å². The fourth-order valence-corrected chi connectivity index (χ4v) is 2.95. The highest BCUT2D eigenvalue weighted by molar-refractivity contribution is 5.86. The number of carbonyl (C=O) groups excluding carboxylic acids is 2. The molecule has 0 radical (unpaired) electrons. The van der Waals surface area contributed by atoms with E-state index in [0.29, 0.717) is 5.76 Å². The van der Waals surface area contributed by atoms with Gasteiger partial charge in [-0.1, -0.05) is 29.8 Å². The summed E-state index contributed by atoms with van der Waals surface area (Å²) in [5, 5.41) is 2.83. The third-order valence-electron chi connectivity index (χ3n) is 4.39. The van der Waals surface area contributed by atoms with Crippen molar-refractivity contribution in [1.82, 2.24) is 10.2 Å². The number of carbonyl (C=O) groups is 2. The fourth-order valence-electron chi connectivity index (χ4n) is 2.95. The van der Waals surface area contributed by atoms with E-state index in [1.165, 1.54) is 0 Å². The van der Waals surface area contributed by atoms with Crippen LogP contribution in [0.25, 0.3) is 0 Å². The average molecular weight is 342 g/mol. The van der Waals surface area contributed by atoms with Gasteiger partial charge >= 0.3 is 0 Å². The van der Waals surface area contributed by atoms with Crippen LogP contribution in [0.3, 0.4) is 0 Å². The van der Waals surface area contributed by atoms with Crippen molar-refractivity contribution >= 4 is 11.8 Å². The van der Waals surface area contributed by atoms with E-state index >= 15 is 0 Å². The summed E-state index contributed by atoms with van der Waals surface area (Å²) in [5.74, 6) is 1.06. The number of furan rings is 1. The van der Waals surface area contributed by atoms with Crippen LogP contribution in [0, 0.1) is 13.8 Å². The molecule has 3 rings (SSSR count). The Morgan fingerprint density at radius 2 is 1.92 bits per heavy atom. The Morgan fingerprint density at radius 3 is 2.56 bits per heavy atom. The number of benzene rings is 1. The molecule has 2 amide bonds. The largest absolute Gasteiger partial charge is 0.465 e. The summed E-state index contributed by atoms with van der Waals surface area (Å²) in [6.07, 6.45) is -0.763. The van der Waals surface area contributed by atoms with Crippen molar-refractivity contribution in [1.29, 1.82) is 0 Å². The first-order valence-electron chi connectivity index (χ1n) is 8.22. The van der Waals surface area contributed by atoms with Crippen molar-refractivity contribution in [3.05, 3.63) is 59.0 Å². The molecule has 1 fully saturated rings. The first-order chi connectivity index (χ1) is 12.0. The molecule has 0 aliphatic carbocycles. The van der Waals surface area contributed by atoms with Gasteiger partial charge in [-0.25, -0.2) is 0 Å². The van der Waals surface area contributed by atoms with E-state index in [4.69, 9.17) is 9.15 Å². The van der Waals surface area contributed by atoms with Gasteiger partial charge in [-0.15, -0.1) is 0 Å². The molecule has 6 heteroatoms. The molecule has 1 aromatic carbocycles. The molecule has 2 aromatic rings. The van der Waals surface area contributed by atoms with E-state index in [0.717, 1.165) is 16.9 Å². The van der Waals surface area contributed by atoms with Gasteiger partial charge in [0, 0.05) is 7.05 Å². The quantitative estimate of drug-likeness (QED) is 0.924. The Balaban J connectivity index is 1.77. The lowest BCUT2D eigenvalue weighted by molar-refractivity contribution is -0.162. The maximum absolute atomic E-state index is 12.7. The van der Waals surface area contributed by atoms with Crippen LogP contribution < -0.4 is 5.32 Å². The monoisotopic (exact) mass is 342 g/mol. The van der Waals surface area contributed by atoms with Crippen LogP contribution in [0.1, 0.15) is 28.7 Å². The number of aryl methyl sites for hydroxylation is 2. The molecule has 1 aliphatic heterocycles. The molecule has 2 atom stereocenters. The van der Waals surface area contributed by atoms with E-state index in [1.54, 1.807) is 11.9 Å². The Kier molecular flexibility index (Phi) is 4.90. The number of ether oxygens (including phenoxy) is 1. The summed E-state index contributed by atoms with van der Waals surface area (Å²) in [6, 6.07) is 11.0. The zero-order chi connectivity index (χ0) is 18.0. The molecule has 0 saturated carbocycles. The molecule has 1 saturated heterocycles. The van der Waals surface area contributed by atoms with Crippen LogP contribution in [0.15, 0.2) is 40.8 Å². The third kappa shape index (κ3) is 3.74. The van der Waals surface area contributed by atoms with Gasteiger partial charge in [0.15, 0.2) is 6.10 Å². The molecule has 2 heterocycles. The van der Waals surface area contributed by atoms with Crippen LogP contribution in [0.2, 0.25) is 0 Å². The molecule has 25 heavy (non-hydrogen) atoms. The van der Waals surface area contributed by atoms with Crippen LogP contribution in [-0.2, 0) is 20.9 Å². The van der Waals surface area contributed by atoms with Gasteiger partial charge in [-0.3, -0.25) is 9.59 Å². The van der Waals surface area contributed by atoms with Gasteiger partial charge in [0.25, 0.3) is 5.91 Å². The Bertz CT molecular complexity index is 766. The molecule has 0 bridgehead atoms. The molecular weight excluding hydrogens is 320 g/mol. The summed E-state index contributed by atoms with van der Waals surface area (Å²) in [7, 11) is 1.70. The summed E-state index contributed by atoms with van der Waals surface area (Å²) >= 11 is 0. The predicted molar refractivity (Wildman–Crippen MR) is 91.7 cm³/mol. The second-order valence-corrected chi connectivity index (χ2v) is 6.32. The summed E-state index contributed by atoms with van der Waals surface area (Å²) in [5.41, 5.74) is 1.98. The Hall–Kier alpha value is -2.60. The third-order valence-corrected chi connectivity index (χ3v) is 4.39. The van der Waals surface area contributed by atoms with E-state index in [9.17, 15) is 9.59 Å². The molecule has 0 spiro atoms. The normalized spacial score (nSPS) is 20.6. The minimum atomic E-state index is -0.763. The number of amides is 2. The van der Waals surface area contributed by atoms with E-state index in [-0.39, 0.29) is 25.0 Å². The number of hydrogen-bond acceptors (Lipinski definition) is 4. The molecule has 1 aromatic heterocycles. The highest BCUT2D eigenvalue weighted by Gasteiger charge is 2.39. The fraction of sp³-hybridized carbons (Fsp3) is 0.368. The van der Waals surface area contributed by atoms with Crippen molar-refractivity contribution in [2.45, 2.75) is 32.5 Å². The number of morpholine rings is 1. The number of hydrogen-bond donors (Lipinski definition) is 1. The maximum Gasteiger partial charge on any atom is 0.252 e. The molecule has 132 valence electrons. The van der Waals surface area contributed by atoms with Gasteiger partial charge in [0.05, 0.1) is 12.6 Å². The first kappa shape index (κ1) is 17.2. The predicted octanol–water partition coefficient (Wildman–Crippen LogP) is 2.11. The van der Waals surface area contributed by atoms with Gasteiger partial charge in [-0.2, -0.15) is 0 Å². The van der Waals surface area contributed by atoms with Gasteiger partial charge < -0.3 is 19.4 Å². The number of nitrogens with zero attached hydrogens (tertiary/aromatic N) is 1. The first-order valence-corrected chi connectivity index (χ1v) is 8.22. The second-order valence-electron chi connectivity index (χ2n) is 6.32. The summed E-state index contributed by atoms with van der Waals surface area (Å²) in [6.45, 7) is 4.02. The Morgan fingerprint density at radius 1 is 1.20 bits per heavy atom. The van der Waals surface area contributed by atoms with Crippen LogP contribution in [0.4, 0.5) is 0 Å². The molecule has 0 unspecified atom stereocenters. The Labute approximate surface area is 146 Å². The van der Waals surface area contributed by atoms with Gasteiger partial charge in [-0.05, 0) is 31.5 Å². The zero-order valence-electron chi connectivity index (χ0n) is 14.6. The lowest BCUT2D eigenvalue weighted by Gasteiger charge is -2.38. The number of rotatable bonds is 4. The van der Waals surface area contributed by atoms with Crippen molar-refractivity contribution in [2.24, 2.45) is 0 Å². The lowest BCUT2D eigenvalue weighted by Crippen LogP contribution is -2.52. The van der Waals surface area contributed by atoms with Crippen LogP contribution in [0.5, 0.6) is 0 Å². The van der Waals surface area contributed by atoms with Crippen LogP contribution in [-0.4, -0.2) is 36.5 Å². The van der Waals surface area contributed by atoms with Crippen molar-refractivity contribution in [3.63, 3.8) is 0 Å². The van der Waals surface area contributed by atoms with E-state index in [2.05, 4.69) is 5.32 Å². The zero-order valence-corrected chi connectivity index (χ0v) is 14.6. The minimum absolute atomic E-state index is 0.100. The topological polar surface area (TPSA) is 71.8 Å². The van der Waals surface area contributed by atoms with Crippen molar-refractivity contribution in [2.75, 3.05) is 13.7 Å². The molecule has 6 nitrogen and oxygen atoms in total. The molecule has 1 aliphatic rings. The number of nitrogens with one attached hydrogen (secondary N) is 1. The number of likely N-dealkylation sites (N-methyl/N-ethyl adjacent to an activating group) is 1. The summed E-state index contributed by atoms with van der Waals surface area (Å²) < 4.78 is 11.0. The highest BCUT2D eigenvalue weighted by Crippen LogP contribution is 2.29. The van der Waals surface area contributed by atoms with Gasteiger partial charge in [0.1, 0.15) is 18.1 Å². The lowest BCUT2D eigenvalue weighted by atomic mass is 9.97. The van der Waals surface area contributed by atoms with Crippen LogP contribution >= 0.6 is 0 Å². The SMILES string of the molecule is Cc1ccc([C@@H]2[C@H](C(=O)NCc3ccc(C)o3)OCC(=O)N2C)cc1. The smallest absolute Gasteiger partial charge is 0.252 e. The molecule has 1 N–H and O–H groups in total. The van der Waals surface area contributed by atoms with Crippen molar-refractivity contribution in [3.8, 4) is 0 Å². The van der Waals surface area contributed by atoms with Crippen molar-refractivity contribution < 1.29 is 18.7 Å². The maximum atomic E-state index is 12.7. The van der Waals surface area contributed by atoms with E-state index in [1.807, 2.05) is 50.2 Å². The van der Waals surface area contributed by atoms with Gasteiger partial charge in [0.2, 0.25) is 5.91 Å². The molecular formula is C19H22N2O4. The minimum Gasteiger partial charge on any atom is -0.465 e. The standard InChI is InChI=1S/C19H22N2O4/c1-12-4-7-14(8-5-12)17-18(24-11-16(22)21(17)3)19(23)20-10-15-9-6-13(2)25-15/h4-9,17-18H,10-11H2,1-3H3,(H,20,23)/t17-,18-/m1/s1.